The van der Waals surface area contributed by atoms with Gasteiger partial charge in [-0.1, -0.05) is 73.1 Å². The zero-order valence-electron chi connectivity index (χ0n) is 22.0. The summed E-state index contributed by atoms with van der Waals surface area (Å²) in [6.45, 7) is 4.02. The highest BCUT2D eigenvalue weighted by molar-refractivity contribution is 6.31. The van der Waals surface area contributed by atoms with Gasteiger partial charge in [0.25, 0.3) is 5.56 Å². The molecule has 0 spiro atoms. The average Bonchev–Trinajstić information content (AvgIpc) is 3.41. The maximum Gasteiger partial charge on any atom is 0.253 e. The Kier molecular flexibility index (Phi) is 8.46. The van der Waals surface area contributed by atoms with Gasteiger partial charge in [0, 0.05) is 36.3 Å². The molecule has 8 nitrogen and oxygen atoms in total. The molecule has 9 heteroatoms. The Morgan fingerprint density at radius 3 is 2.56 bits per heavy atom. The molecule has 0 aliphatic heterocycles. The van der Waals surface area contributed by atoms with Crippen molar-refractivity contribution in [3.05, 3.63) is 122 Å². The number of aryl methyl sites for hydroxylation is 1. The minimum absolute atomic E-state index is 0.185. The lowest BCUT2D eigenvalue weighted by Gasteiger charge is -2.31. The van der Waals surface area contributed by atoms with Gasteiger partial charge in [-0.15, -0.1) is 5.10 Å². The van der Waals surface area contributed by atoms with Crippen molar-refractivity contribution in [3.63, 3.8) is 0 Å². The number of ether oxygens (including phenoxy) is 1. The number of H-pyrrole nitrogens is 1. The number of tetrazole rings is 1. The van der Waals surface area contributed by atoms with Crippen LogP contribution in [0, 0.1) is 0 Å². The fourth-order valence-corrected chi connectivity index (χ4v) is 5.04. The van der Waals surface area contributed by atoms with Crippen LogP contribution >= 0.6 is 11.6 Å². The molecule has 39 heavy (non-hydrogen) atoms. The number of aromatic amines is 1. The van der Waals surface area contributed by atoms with Crippen molar-refractivity contribution in [1.82, 2.24) is 30.1 Å². The van der Waals surface area contributed by atoms with E-state index in [-0.39, 0.29) is 5.56 Å². The minimum Gasteiger partial charge on any atom is -0.383 e. The summed E-state index contributed by atoms with van der Waals surface area (Å²) in [6, 6.07) is 25.4. The lowest BCUT2D eigenvalue weighted by Crippen LogP contribution is -2.35. The van der Waals surface area contributed by atoms with Gasteiger partial charge >= 0.3 is 0 Å². The van der Waals surface area contributed by atoms with E-state index < -0.39 is 6.04 Å². The van der Waals surface area contributed by atoms with Crippen LogP contribution in [-0.2, 0) is 30.8 Å². The van der Waals surface area contributed by atoms with Gasteiger partial charge < -0.3 is 9.72 Å². The number of rotatable bonds is 11. The summed E-state index contributed by atoms with van der Waals surface area (Å²) in [5.74, 6) is 0.562. The van der Waals surface area contributed by atoms with Crippen molar-refractivity contribution in [3.8, 4) is 0 Å². The number of aromatic nitrogens is 5. The highest BCUT2D eigenvalue weighted by Gasteiger charge is 2.31. The first-order valence-electron chi connectivity index (χ1n) is 13.0. The largest absolute Gasteiger partial charge is 0.383 e. The first-order valence-corrected chi connectivity index (χ1v) is 13.4. The molecular weight excluding hydrogens is 512 g/mol. The molecule has 1 unspecified atom stereocenters. The zero-order chi connectivity index (χ0) is 27.2. The Morgan fingerprint density at radius 1 is 1.00 bits per heavy atom. The van der Waals surface area contributed by atoms with Crippen LogP contribution in [0.25, 0.3) is 10.9 Å². The predicted molar refractivity (Wildman–Crippen MR) is 153 cm³/mol. The van der Waals surface area contributed by atoms with Crippen LogP contribution in [0.5, 0.6) is 0 Å². The molecular formula is C30H31ClN6O2. The smallest absolute Gasteiger partial charge is 0.253 e. The Balaban J connectivity index is 1.70. The van der Waals surface area contributed by atoms with Crippen LogP contribution < -0.4 is 5.56 Å². The third kappa shape index (κ3) is 6.09. The summed E-state index contributed by atoms with van der Waals surface area (Å²) >= 11 is 6.63. The molecule has 0 amide bonds. The number of fused-ring (bicyclic) bond motifs is 1. The maximum absolute atomic E-state index is 13.7. The summed E-state index contributed by atoms with van der Waals surface area (Å²) in [5.41, 5.74) is 4.40. The van der Waals surface area contributed by atoms with Crippen LogP contribution in [0.3, 0.4) is 0 Å². The Hall–Kier alpha value is -3.85. The number of benzene rings is 3. The molecule has 1 atom stereocenters. The van der Waals surface area contributed by atoms with E-state index in [2.05, 4.69) is 50.5 Å². The van der Waals surface area contributed by atoms with Crippen molar-refractivity contribution < 1.29 is 4.74 Å². The first-order chi connectivity index (χ1) is 19.1. The molecule has 0 radical (unpaired) electrons. The molecule has 5 aromatic rings. The first kappa shape index (κ1) is 26.7. The average molecular weight is 543 g/mol. The fourth-order valence-electron chi connectivity index (χ4n) is 4.84. The van der Waals surface area contributed by atoms with Gasteiger partial charge in [0.15, 0.2) is 5.82 Å². The third-order valence-electron chi connectivity index (χ3n) is 6.88. The van der Waals surface area contributed by atoms with E-state index in [1.54, 1.807) is 11.8 Å². The molecule has 0 aliphatic carbocycles. The molecule has 200 valence electrons. The van der Waals surface area contributed by atoms with Gasteiger partial charge in [-0.05, 0) is 63.2 Å². The number of hydrogen-bond acceptors (Lipinski definition) is 6. The van der Waals surface area contributed by atoms with E-state index in [0.29, 0.717) is 42.7 Å². The standard InChI is InChI=1S/C30H31ClN6O2/c1-3-21-13-14-27-24(17-21)18-25(30(38)32-27)28(29-33-34-35-37(29)15-16-39-2)36(19-22-9-5-4-6-10-22)20-23-11-7-8-12-26(23)31/h4-14,17-18,28H,3,15-16,19-20H2,1-2H3,(H,32,38). The maximum atomic E-state index is 13.7. The summed E-state index contributed by atoms with van der Waals surface area (Å²) in [5, 5.41) is 14.3. The van der Waals surface area contributed by atoms with Gasteiger partial charge in [-0.25, -0.2) is 4.68 Å². The molecule has 1 N–H and O–H groups in total. The SMILES string of the molecule is CCc1ccc2[nH]c(=O)c(C(c3nnnn3CCOC)N(Cc3ccccc3)Cc3ccccc3Cl)cc2c1. The molecule has 0 fully saturated rings. The topological polar surface area (TPSA) is 88.9 Å². The lowest BCUT2D eigenvalue weighted by atomic mass is 10.0. The van der Waals surface area contributed by atoms with Gasteiger partial charge in [0.2, 0.25) is 0 Å². The van der Waals surface area contributed by atoms with E-state index >= 15 is 0 Å². The highest BCUT2D eigenvalue weighted by Crippen LogP contribution is 2.31. The second-order valence-corrected chi connectivity index (χ2v) is 9.87. The van der Waals surface area contributed by atoms with Crippen LogP contribution in [0.1, 0.15) is 41.0 Å². The van der Waals surface area contributed by atoms with Crippen LogP contribution in [0.4, 0.5) is 0 Å². The van der Waals surface area contributed by atoms with E-state index in [1.807, 2.05) is 60.7 Å². The van der Waals surface area contributed by atoms with Crippen molar-refractivity contribution in [2.24, 2.45) is 0 Å². The second-order valence-electron chi connectivity index (χ2n) is 9.47. The molecule has 2 aromatic heterocycles. The van der Waals surface area contributed by atoms with E-state index in [4.69, 9.17) is 16.3 Å². The van der Waals surface area contributed by atoms with E-state index in [1.165, 1.54) is 5.56 Å². The predicted octanol–water partition coefficient (Wildman–Crippen LogP) is 5.17. The van der Waals surface area contributed by atoms with Gasteiger partial charge in [-0.3, -0.25) is 9.69 Å². The Bertz CT molecular complexity index is 1600. The number of hydrogen-bond donors (Lipinski definition) is 1. The molecule has 5 rings (SSSR count). The summed E-state index contributed by atoms with van der Waals surface area (Å²) in [7, 11) is 1.64. The minimum atomic E-state index is -0.563. The molecule has 0 saturated carbocycles. The molecule has 0 saturated heterocycles. The molecule has 0 bridgehead atoms. The quantitative estimate of drug-likeness (QED) is 0.248. The number of nitrogens with zero attached hydrogens (tertiary/aromatic N) is 5. The number of methoxy groups -OCH3 is 1. The van der Waals surface area contributed by atoms with Crippen LogP contribution in [0.2, 0.25) is 5.02 Å². The number of nitrogens with one attached hydrogen (secondary N) is 1. The lowest BCUT2D eigenvalue weighted by molar-refractivity contribution is 0.169. The van der Waals surface area contributed by atoms with E-state index in [9.17, 15) is 4.79 Å². The van der Waals surface area contributed by atoms with Crippen LogP contribution in [-0.4, -0.2) is 43.8 Å². The second kappa shape index (κ2) is 12.3. The van der Waals surface area contributed by atoms with Gasteiger partial charge in [0.05, 0.1) is 13.2 Å². The Labute approximate surface area is 232 Å². The van der Waals surface area contributed by atoms with Gasteiger partial charge in [0.1, 0.15) is 6.04 Å². The summed E-state index contributed by atoms with van der Waals surface area (Å²) in [4.78, 5) is 19.0. The van der Waals surface area contributed by atoms with Crippen molar-refractivity contribution in [2.45, 2.75) is 39.0 Å². The van der Waals surface area contributed by atoms with Crippen molar-refractivity contribution in [2.75, 3.05) is 13.7 Å². The summed E-state index contributed by atoms with van der Waals surface area (Å²) < 4.78 is 7.03. The molecule has 0 aliphatic rings. The fraction of sp³-hybridized carbons (Fsp3) is 0.267. The third-order valence-corrected chi connectivity index (χ3v) is 7.25. The number of halogens is 1. The monoisotopic (exact) mass is 542 g/mol. The normalized spacial score (nSPS) is 12.3. The molecule has 2 heterocycles. The Morgan fingerprint density at radius 2 is 1.79 bits per heavy atom. The number of pyridine rings is 1. The van der Waals surface area contributed by atoms with E-state index in [0.717, 1.165) is 28.5 Å². The zero-order valence-corrected chi connectivity index (χ0v) is 22.8. The summed E-state index contributed by atoms with van der Waals surface area (Å²) in [6.07, 6.45) is 0.899. The molecule has 3 aromatic carbocycles. The van der Waals surface area contributed by atoms with Crippen molar-refractivity contribution in [1.29, 1.82) is 0 Å². The van der Waals surface area contributed by atoms with Gasteiger partial charge in [-0.2, -0.15) is 0 Å². The van der Waals surface area contributed by atoms with Crippen LogP contribution in [0.15, 0.2) is 83.7 Å². The highest BCUT2D eigenvalue weighted by atomic mass is 35.5. The van der Waals surface area contributed by atoms with Crippen molar-refractivity contribution >= 4 is 22.5 Å².